The average Bonchev–Trinajstić information content (AvgIpc) is 3.12. The SMILES string of the molecule is COC[C@@H]1CCCN1[C@@H]1CS(=O)(=O)N[C@H]1COCc1ccccc1. The largest absolute Gasteiger partial charge is 0.383 e. The van der Waals surface area contributed by atoms with Gasteiger partial charge in [-0.05, 0) is 24.9 Å². The van der Waals surface area contributed by atoms with Gasteiger partial charge in [0.05, 0.1) is 31.6 Å². The lowest BCUT2D eigenvalue weighted by Crippen LogP contribution is -2.50. The summed E-state index contributed by atoms with van der Waals surface area (Å²) in [5.74, 6) is 0.145. The lowest BCUT2D eigenvalue weighted by molar-refractivity contribution is 0.0533. The summed E-state index contributed by atoms with van der Waals surface area (Å²) >= 11 is 0. The van der Waals surface area contributed by atoms with Crippen molar-refractivity contribution in [2.75, 3.05) is 32.6 Å². The molecule has 3 rings (SSSR count). The maximum atomic E-state index is 12.1. The number of hydrogen-bond donors (Lipinski definition) is 1. The highest BCUT2D eigenvalue weighted by Crippen LogP contribution is 2.26. The van der Waals surface area contributed by atoms with Crippen molar-refractivity contribution in [3.63, 3.8) is 0 Å². The van der Waals surface area contributed by atoms with Crippen LogP contribution >= 0.6 is 0 Å². The van der Waals surface area contributed by atoms with E-state index in [1.807, 2.05) is 30.3 Å². The minimum Gasteiger partial charge on any atom is -0.383 e. The monoisotopic (exact) mass is 354 g/mol. The van der Waals surface area contributed by atoms with Crippen molar-refractivity contribution in [3.8, 4) is 0 Å². The number of hydrogen-bond acceptors (Lipinski definition) is 5. The first-order valence-electron chi connectivity index (χ1n) is 8.45. The van der Waals surface area contributed by atoms with E-state index in [4.69, 9.17) is 9.47 Å². The molecule has 0 aliphatic carbocycles. The molecule has 1 aromatic rings. The number of ether oxygens (including phenoxy) is 2. The fourth-order valence-corrected chi connectivity index (χ4v) is 5.37. The average molecular weight is 354 g/mol. The summed E-state index contributed by atoms with van der Waals surface area (Å²) < 4.78 is 38.0. The third-order valence-electron chi connectivity index (χ3n) is 4.80. The Bertz CT molecular complexity index is 623. The van der Waals surface area contributed by atoms with Gasteiger partial charge >= 0.3 is 0 Å². The summed E-state index contributed by atoms with van der Waals surface area (Å²) in [6.07, 6.45) is 2.14. The van der Waals surface area contributed by atoms with Crippen LogP contribution in [0, 0.1) is 0 Å². The summed E-state index contributed by atoms with van der Waals surface area (Å²) in [5.41, 5.74) is 1.09. The number of rotatable bonds is 7. The zero-order chi connectivity index (χ0) is 17.0. The zero-order valence-corrected chi connectivity index (χ0v) is 14.9. The Labute approximate surface area is 144 Å². The molecule has 2 aliphatic heterocycles. The van der Waals surface area contributed by atoms with Crippen LogP contribution in [0.4, 0.5) is 0 Å². The second-order valence-corrected chi connectivity index (χ2v) is 8.36. The number of nitrogens with zero attached hydrogens (tertiary/aromatic N) is 1. The van der Waals surface area contributed by atoms with Gasteiger partial charge in [0.2, 0.25) is 10.0 Å². The summed E-state index contributed by atoms with van der Waals surface area (Å²) in [6.45, 7) is 2.45. The highest BCUT2D eigenvalue weighted by atomic mass is 32.2. The van der Waals surface area contributed by atoms with Crippen molar-refractivity contribution >= 4 is 10.0 Å². The molecule has 0 spiro atoms. The molecule has 1 aromatic carbocycles. The third-order valence-corrected chi connectivity index (χ3v) is 6.24. The summed E-state index contributed by atoms with van der Waals surface area (Å²) in [7, 11) is -1.53. The third kappa shape index (κ3) is 4.34. The van der Waals surface area contributed by atoms with E-state index in [0.717, 1.165) is 24.9 Å². The minimum atomic E-state index is -3.23. The van der Waals surface area contributed by atoms with E-state index < -0.39 is 10.0 Å². The molecule has 0 amide bonds. The van der Waals surface area contributed by atoms with Gasteiger partial charge < -0.3 is 9.47 Å². The van der Waals surface area contributed by atoms with E-state index in [9.17, 15) is 8.42 Å². The van der Waals surface area contributed by atoms with Gasteiger partial charge in [0.15, 0.2) is 0 Å². The van der Waals surface area contributed by atoms with Gasteiger partial charge in [-0.2, -0.15) is 0 Å². The Balaban J connectivity index is 1.61. The Morgan fingerprint density at radius 3 is 2.79 bits per heavy atom. The topological polar surface area (TPSA) is 67.9 Å². The molecule has 1 N–H and O–H groups in total. The van der Waals surface area contributed by atoms with E-state index in [1.165, 1.54) is 0 Å². The number of sulfonamides is 1. The Kier molecular flexibility index (Phi) is 5.89. The molecule has 3 atom stereocenters. The molecule has 2 fully saturated rings. The highest BCUT2D eigenvalue weighted by Gasteiger charge is 2.43. The zero-order valence-electron chi connectivity index (χ0n) is 14.1. The van der Waals surface area contributed by atoms with Crippen molar-refractivity contribution in [1.29, 1.82) is 0 Å². The molecule has 7 heteroatoms. The predicted molar refractivity (Wildman–Crippen MR) is 92.2 cm³/mol. The first kappa shape index (κ1) is 17.8. The van der Waals surface area contributed by atoms with Crippen LogP contribution < -0.4 is 4.72 Å². The fraction of sp³-hybridized carbons (Fsp3) is 0.647. The standard InChI is InChI=1S/C17H26N2O4S/c1-22-11-15-8-5-9-19(15)17-13-24(20,21)18-16(17)12-23-10-14-6-3-2-4-7-14/h2-4,6-7,15-18H,5,8-13H2,1H3/t15-,16-,17+/m0/s1. The Morgan fingerprint density at radius 2 is 2.04 bits per heavy atom. The minimum absolute atomic E-state index is 0.0478. The van der Waals surface area contributed by atoms with Crippen molar-refractivity contribution < 1.29 is 17.9 Å². The van der Waals surface area contributed by atoms with Crippen molar-refractivity contribution in [2.24, 2.45) is 0 Å². The maximum Gasteiger partial charge on any atom is 0.213 e. The Hall–Kier alpha value is -0.990. The van der Waals surface area contributed by atoms with Gasteiger partial charge in [-0.25, -0.2) is 13.1 Å². The normalized spacial score (nSPS) is 30.0. The summed E-state index contributed by atoms with van der Waals surface area (Å²) in [5, 5.41) is 0. The van der Waals surface area contributed by atoms with Crippen LogP contribution in [-0.2, 0) is 26.1 Å². The van der Waals surface area contributed by atoms with Gasteiger partial charge in [0.25, 0.3) is 0 Å². The van der Waals surface area contributed by atoms with Crippen LogP contribution in [0.3, 0.4) is 0 Å². The summed E-state index contributed by atoms with van der Waals surface area (Å²) in [4.78, 5) is 2.29. The summed E-state index contributed by atoms with van der Waals surface area (Å²) in [6, 6.07) is 9.97. The van der Waals surface area contributed by atoms with Crippen LogP contribution in [0.15, 0.2) is 30.3 Å². The van der Waals surface area contributed by atoms with E-state index in [0.29, 0.717) is 25.9 Å². The van der Waals surface area contributed by atoms with E-state index >= 15 is 0 Å². The molecule has 2 aliphatic rings. The van der Waals surface area contributed by atoms with Gasteiger partial charge in [-0.15, -0.1) is 0 Å². The first-order valence-corrected chi connectivity index (χ1v) is 10.1. The second kappa shape index (κ2) is 7.93. The van der Waals surface area contributed by atoms with Gasteiger partial charge in [-0.1, -0.05) is 30.3 Å². The molecule has 0 unspecified atom stereocenters. The molecule has 2 heterocycles. The smallest absolute Gasteiger partial charge is 0.213 e. The van der Waals surface area contributed by atoms with Crippen LogP contribution in [0.1, 0.15) is 18.4 Å². The lowest BCUT2D eigenvalue weighted by Gasteiger charge is -2.32. The van der Waals surface area contributed by atoms with Crippen molar-refractivity contribution in [1.82, 2.24) is 9.62 Å². The first-order chi connectivity index (χ1) is 11.6. The van der Waals surface area contributed by atoms with Crippen molar-refractivity contribution in [2.45, 2.75) is 37.6 Å². The number of benzene rings is 1. The molecule has 0 aromatic heterocycles. The second-order valence-electron chi connectivity index (χ2n) is 6.56. The van der Waals surface area contributed by atoms with Crippen LogP contribution in [0.25, 0.3) is 0 Å². The molecule has 2 saturated heterocycles. The Morgan fingerprint density at radius 1 is 1.25 bits per heavy atom. The van der Waals surface area contributed by atoms with Crippen LogP contribution in [0.5, 0.6) is 0 Å². The fourth-order valence-electron chi connectivity index (χ4n) is 3.71. The molecule has 134 valence electrons. The molecule has 24 heavy (non-hydrogen) atoms. The lowest BCUT2D eigenvalue weighted by atomic mass is 10.1. The maximum absolute atomic E-state index is 12.1. The van der Waals surface area contributed by atoms with Gasteiger partial charge in [-0.3, -0.25) is 4.90 Å². The van der Waals surface area contributed by atoms with Gasteiger partial charge in [0, 0.05) is 19.2 Å². The number of methoxy groups -OCH3 is 1. The quantitative estimate of drug-likeness (QED) is 0.791. The van der Waals surface area contributed by atoms with Crippen LogP contribution in [0.2, 0.25) is 0 Å². The van der Waals surface area contributed by atoms with E-state index in [-0.39, 0.29) is 17.8 Å². The molecule has 0 radical (unpaired) electrons. The molecule has 0 bridgehead atoms. The number of likely N-dealkylation sites (tertiary alicyclic amines) is 1. The number of nitrogens with one attached hydrogen (secondary N) is 1. The molecule has 6 nitrogen and oxygen atoms in total. The molecule has 0 saturated carbocycles. The molecular formula is C17H26N2O4S. The predicted octanol–water partition coefficient (Wildman–Crippen LogP) is 0.984. The van der Waals surface area contributed by atoms with Gasteiger partial charge in [0.1, 0.15) is 0 Å². The van der Waals surface area contributed by atoms with E-state index in [2.05, 4.69) is 9.62 Å². The van der Waals surface area contributed by atoms with Crippen molar-refractivity contribution in [3.05, 3.63) is 35.9 Å². The van der Waals surface area contributed by atoms with Crippen LogP contribution in [-0.4, -0.2) is 64.1 Å². The molecular weight excluding hydrogens is 328 g/mol. The highest BCUT2D eigenvalue weighted by molar-refractivity contribution is 7.89. The van der Waals surface area contributed by atoms with E-state index in [1.54, 1.807) is 7.11 Å².